The van der Waals surface area contributed by atoms with Crippen molar-refractivity contribution in [3.8, 4) is 5.75 Å². The number of aromatic nitrogens is 2. The van der Waals surface area contributed by atoms with Crippen molar-refractivity contribution < 1.29 is 14.6 Å². The summed E-state index contributed by atoms with van der Waals surface area (Å²) in [5.74, 6) is 0.734. The highest BCUT2D eigenvalue weighted by Crippen LogP contribution is 2.19. The van der Waals surface area contributed by atoms with Crippen molar-refractivity contribution in [3.05, 3.63) is 77.5 Å². The molecule has 3 N–H and O–H groups in total. The molecule has 1 aliphatic heterocycles. The molecule has 0 fully saturated rings. The summed E-state index contributed by atoms with van der Waals surface area (Å²) in [5.41, 5.74) is 3.18. The summed E-state index contributed by atoms with van der Waals surface area (Å²) in [6.45, 7) is 2.49. The molecule has 0 aliphatic carbocycles. The van der Waals surface area contributed by atoms with E-state index >= 15 is 0 Å². The molecule has 150 valence electrons. The first kappa shape index (κ1) is 19.2. The number of hydrogen-bond donors (Lipinski definition) is 3. The topological polar surface area (TPSA) is 90.5 Å². The van der Waals surface area contributed by atoms with Crippen LogP contribution in [0.5, 0.6) is 5.75 Å². The molecule has 1 amide bonds. The maximum Gasteiger partial charge on any atom is 0.256 e. The van der Waals surface area contributed by atoms with Gasteiger partial charge in [-0.15, -0.1) is 0 Å². The number of nitrogens with zero attached hydrogens (tertiary/aromatic N) is 2. The third-order valence-corrected chi connectivity index (χ3v) is 4.96. The molecule has 7 heteroatoms. The maximum absolute atomic E-state index is 12.3. The van der Waals surface area contributed by atoms with E-state index < -0.39 is 6.10 Å². The summed E-state index contributed by atoms with van der Waals surface area (Å²) in [4.78, 5) is 14.5. The molecule has 1 unspecified atom stereocenters. The Kier molecular flexibility index (Phi) is 5.88. The number of aliphatic hydroxyl groups is 1. The van der Waals surface area contributed by atoms with E-state index in [1.165, 1.54) is 11.1 Å². The second kappa shape index (κ2) is 8.89. The van der Waals surface area contributed by atoms with Crippen molar-refractivity contribution in [1.29, 1.82) is 0 Å². The third kappa shape index (κ3) is 5.01. The van der Waals surface area contributed by atoms with Crippen molar-refractivity contribution in [2.75, 3.05) is 25.0 Å². The summed E-state index contributed by atoms with van der Waals surface area (Å²) in [6, 6.07) is 17.0. The molecule has 0 radical (unpaired) electrons. The van der Waals surface area contributed by atoms with Crippen LogP contribution in [0, 0.1) is 0 Å². The Balaban J connectivity index is 1.28. The lowest BCUT2D eigenvalue weighted by Crippen LogP contribution is -2.38. The number of nitrogens with one attached hydrogen (secondary N) is 2. The largest absolute Gasteiger partial charge is 0.491 e. The first-order valence-corrected chi connectivity index (χ1v) is 9.68. The molecule has 2 aromatic carbocycles. The van der Waals surface area contributed by atoms with Crippen LogP contribution in [0.15, 0.2) is 60.8 Å². The molecule has 1 aliphatic rings. The highest BCUT2D eigenvalue weighted by molar-refractivity contribution is 6.03. The van der Waals surface area contributed by atoms with Gasteiger partial charge in [-0.2, -0.15) is 5.10 Å². The van der Waals surface area contributed by atoms with Gasteiger partial charge in [0.05, 0.1) is 0 Å². The number of β-amino-alcohol motifs (C(OH)–C–C–N with tert-alkyl or cyclic N) is 1. The lowest BCUT2D eigenvalue weighted by atomic mass is 10.00. The van der Waals surface area contributed by atoms with Gasteiger partial charge >= 0.3 is 0 Å². The number of aliphatic hydroxyl groups excluding tert-OH is 1. The maximum atomic E-state index is 12.3. The Morgan fingerprint density at radius 3 is 2.90 bits per heavy atom. The number of carbonyl (C=O) groups is 1. The highest BCUT2D eigenvalue weighted by atomic mass is 16.5. The molecule has 1 aromatic heterocycles. The minimum atomic E-state index is -0.609. The molecule has 1 atom stereocenters. The summed E-state index contributed by atoms with van der Waals surface area (Å²) in [5, 5.41) is 19.7. The van der Waals surface area contributed by atoms with Gasteiger partial charge in [-0.05, 0) is 35.7 Å². The number of H-pyrrole nitrogens is 1. The number of ether oxygens (including phenoxy) is 1. The van der Waals surface area contributed by atoms with Gasteiger partial charge in [-0.3, -0.25) is 14.8 Å². The quantitative estimate of drug-likeness (QED) is 0.575. The van der Waals surface area contributed by atoms with Gasteiger partial charge in [-0.1, -0.05) is 30.3 Å². The van der Waals surface area contributed by atoms with Crippen molar-refractivity contribution in [2.45, 2.75) is 19.1 Å². The highest BCUT2D eigenvalue weighted by Gasteiger charge is 2.19. The zero-order valence-electron chi connectivity index (χ0n) is 16.0. The number of anilines is 1. The molecule has 3 aromatic rings. The van der Waals surface area contributed by atoms with Crippen LogP contribution < -0.4 is 10.1 Å². The second-order valence-electron chi connectivity index (χ2n) is 7.16. The molecule has 0 saturated heterocycles. The molecular formula is C22H24N4O3. The van der Waals surface area contributed by atoms with Gasteiger partial charge in [0.15, 0.2) is 5.82 Å². The Bertz CT molecular complexity index is 958. The van der Waals surface area contributed by atoms with Crippen molar-refractivity contribution >= 4 is 11.7 Å². The van der Waals surface area contributed by atoms with Crippen LogP contribution in [0.25, 0.3) is 0 Å². The number of rotatable bonds is 7. The van der Waals surface area contributed by atoms with E-state index in [0.717, 1.165) is 19.5 Å². The fourth-order valence-electron chi connectivity index (χ4n) is 3.50. The number of amides is 1. The van der Waals surface area contributed by atoms with E-state index in [0.29, 0.717) is 23.7 Å². The van der Waals surface area contributed by atoms with E-state index in [9.17, 15) is 9.90 Å². The third-order valence-electron chi connectivity index (χ3n) is 4.96. The molecule has 2 heterocycles. The molecule has 0 bridgehead atoms. The number of fused-ring (bicyclic) bond motifs is 1. The zero-order chi connectivity index (χ0) is 20.1. The molecule has 29 heavy (non-hydrogen) atoms. The number of hydrogen-bond acceptors (Lipinski definition) is 5. The van der Waals surface area contributed by atoms with Crippen LogP contribution in [0.2, 0.25) is 0 Å². The average Bonchev–Trinajstić information content (AvgIpc) is 3.25. The van der Waals surface area contributed by atoms with E-state index in [4.69, 9.17) is 4.74 Å². The summed E-state index contributed by atoms with van der Waals surface area (Å²) in [6.07, 6.45) is 2.02. The Morgan fingerprint density at radius 2 is 2.07 bits per heavy atom. The summed E-state index contributed by atoms with van der Waals surface area (Å²) in [7, 11) is 0. The van der Waals surface area contributed by atoms with Gasteiger partial charge in [0.2, 0.25) is 0 Å². The molecular weight excluding hydrogens is 368 g/mol. The van der Waals surface area contributed by atoms with Crippen molar-refractivity contribution in [1.82, 2.24) is 15.1 Å². The minimum absolute atomic E-state index is 0.169. The van der Waals surface area contributed by atoms with Crippen LogP contribution in [-0.4, -0.2) is 51.9 Å². The SMILES string of the molecule is O=C(Nc1cc[nH]n1)c1cccc(OCC(O)CN2CCc3ccccc3C2)c1. The van der Waals surface area contributed by atoms with E-state index in [1.807, 2.05) is 0 Å². The van der Waals surface area contributed by atoms with Gasteiger partial charge in [0, 0.05) is 37.5 Å². The van der Waals surface area contributed by atoms with Crippen LogP contribution in [-0.2, 0) is 13.0 Å². The first-order valence-electron chi connectivity index (χ1n) is 9.68. The lowest BCUT2D eigenvalue weighted by Gasteiger charge is -2.30. The smallest absolute Gasteiger partial charge is 0.256 e. The number of aromatic amines is 1. The molecule has 0 spiro atoms. The minimum Gasteiger partial charge on any atom is -0.491 e. The van der Waals surface area contributed by atoms with Crippen molar-refractivity contribution in [3.63, 3.8) is 0 Å². The Labute approximate surface area is 169 Å². The molecule has 4 rings (SSSR count). The van der Waals surface area contributed by atoms with Gasteiger partial charge < -0.3 is 15.2 Å². The fraction of sp³-hybridized carbons (Fsp3) is 0.273. The first-order chi connectivity index (χ1) is 14.2. The Hall–Kier alpha value is -3.16. The van der Waals surface area contributed by atoms with Gasteiger partial charge in [-0.25, -0.2) is 0 Å². The van der Waals surface area contributed by atoms with Crippen LogP contribution in [0.3, 0.4) is 0 Å². The second-order valence-corrected chi connectivity index (χ2v) is 7.16. The average molecular weight is 392 g/mol. The Morgan fingerprint density at radius 1 is 1.21 bits per heavy atom. The van der Waals surface area contributed by atoms with Crippen LogP contribution >= 0.6 is 0 Å². The van der Waals surface area contributed by atoms with Crippen LogP contribution in [0.4, 0.5) is 5.82 Å². The van der Waals surface area contributed by atoms with E-state index in [-0.39, 0.29) is 12.5 Å². The van der Waals surface area contributed by atoms with Crippen molar-refractivity contribution in [2.24, 2.45) is 0 Å². The molecule has 7 nitrogen and oxygen atoms in total. The lowest BCUT2D eigenvalue weighted by molar-refractivity contribution is 0.0637. The monoisotopic (exact) mass is 392 g/mol. The summed E-state index contributed by atoms with van der Waals surface area (Å²) >= 11 is 0. The number of benzene rings is 2. The molecule has 0 saturated carbocycles. The van der Waals surface area contributed by atoms with E-state index in [1.54, 1.807) is 36.5 Å². The summed E-state index contributed by atoms with van der Waals surface area (Å²) < 4.78 is 5.73. The fourth-order valence-corrected chi connectivity index (χ4v) is 3.50. The zero-order valence-corrected chi connectivity index (χ0v) is 16.0. The standard InChI is InChI=1S/C22H24N4O3/c27-19(14-26-11-9-16-4-1-2-5-18(16)13-26)15-29-20-7-3-6-17(12-20)22(28)24-21-8-10-23-25-21/h1-8,10,12,19,27H,9,11,13-15H2,(H2,23,24,25,28). The van der Waals surface area contributed by atoms with Gasteiger partial charge in [0.25, 0.3) is 5.91 Å². The predicted molar refractivity (Wildman–Crippen MR) is 110 cm³/mol. The van der Waals surface area contributed by atoms with E-state index in [2.05, 4.69) is 44.7 Å². The van der Waals surface area contributed by atoms with Crippen LogP contribution in [0.1, 0.15) is 21.5 Å². The predicted octanol–water partition coefficient (Wildman–Crippen LogP) is 2.46. The number of carbonyl (C=O) groups excluding carboxylic acids is 1. The van der Waals surface area contributed by atoms with Gasteiger partial charge in [0.1, 0.15) is 18.5 Å². The normalized spacial score (nSPS) is 14.8.